The minimum absolute atomic E-state index is 0.388. The minimum atomic E-state index is 0.388. The molecule has 0 saturated carbocycles. The van der Waals surface area contributed by atoms with Crippen LogP contribution >= 0.6 is 0 Å². The molecule has 0 aliphatic heterocycles. The molecule has 0 unspecified atom stereocenters. The lowest BCUT2D eigenvalue weighted by molar-refractivity contribution is 1.54. The summed E-state index contributed by atoms with van der Waals surface area (Å²) in [6.45, 7) is 0. The van der Waals surface area contributed by atoms with Gasteiger partial charge in [0.05, 0.1) is 0 Å². The van der Waals surface area contributed by atoms with E-state index in [-0.39, 0.29) is 0 Å². The molecular weight excluding hydrogens is 252 g/mol. The summed E-state index contributed by atoms with van der Waals surface area (Å²) in [6, 6.07) is 14.8. The molecule has 0 atom stereocenters. The van der Waals surface area contributed by atoms with Crippen molar-refractivity contribution in [2.45, 2.75) is 0 Å². The van der Waals surface area contributed by atoms with E-state index in [0.29, 0.717) is 11.4 Å². The Hall–Kier alpha value is -2.88. The van der Waals surface area contributed by atoms with Gasteiger partial charge in [-0.15, -0.1) is 9.81 Å². The van der Waals surface area contributed by atoms with Gasteiger partial charge in [-0.05, 0) is 38.6 Å². The number of hydrogen-bond donors (Lipinski definition) is 0. The zero-order valence-corrected chi connectivity index (χ0v) is 10.3. The van der Waals surface area contributed by atoms with Gasteiger partial charge in [-0.25, -0.2) is 0 Å². The lowest BCUT2D eigenvalue weighted by atomic mass is 9.92. The van der Waals surface area contributed by atoms with E-state index in [9.17, 15) is 9.81 Å². The molecule has 0 aromatic heterocycles. The van der Waals surface area contributed by atoms with Gasteiger partial charge >= 0.3 is 0 Å². The van der Waals surface area contributed by atoms with E-state index < -0.39 is 0 Å². The fourth-order valence-electron chi connectivity index (χ4n) is 2.97. The highest BCUT2D eigenvalue weighted by Crippen LogP contribution is 2.43. The van der Waals surface area contributed by atoms with E-state index >= 15 is 0 Å². The first-order valence-corrected chi connectivity index (χ1v) is 6.21. The second-order valence-electron chi connectivity index (χ2n) is 4.78. The van der Waals surface area contributed by atoms with E-state index in [4.69, 9.17) is 0 Å². The lowest BCUT2D eigenvalue weighted by Gasteiger charge is -2.12. The van der Waals surface area contributed by atoms with Crippen LogP contribution in [0.4, 0.5) is 11.4 Å². The monoisotopic (exact) mass is 260 g/mol. The Balaban J connectivity index is 2.46. The highest BCUT2D eigenvalue weighted by molar-refractivity contribution is 6.28. The number of nitrogens with zero attached hydrogens (tertiary/aromatic N) is 2. The molecule has 4 nitrogen and oxygen atoms in total. The Morgan fingerprint density at radius 1 is 0.650 bits per heavy atom. The van der Waals surface area contributed by atoms with Crippen LogP contribution in [0.2, 0.25) is 0 Å². The summed E-state index contributed by atoms with van der Waals surface area (Å²) < 4.78 is 0. The van der Waals surface area contributed by atoms with Crippen LogP contribution in [-0.2, 0) is 0 Å². The van der Waals surface area contributed by atoms with Gasteiger partial charge in [-0.3, -0.25) is 0 Å². The lowest BCUT2D eigenvalue weighted by Crippen LogP contribution is -1.84. The van der Waals surface area contributed by atoms with Crippen LogP contribution in [0.5, 0.6) is 0 Å². The standard InChI is InChI=1S/C16H8N2O2/c19-17-13-7-9-3-1-4-10-8-14(18-20)12-6-2-5-11(13)16(12)15(9)10/h1-8H. The van der Waals surface area contributed by atoms with Crippen molar-refractivity contribution in [3.05, 3.63) is 58.3 Å². The molecule has 0 fully saturated rings. The molecule has 0 amide bonds. The molecule has 0 saturated heterocycles. The fourth-order valence-corrected chi connectivity index (χ4v) is 2.97. The molecule has 0 aliphatic rings. The molecule has 0 bridgehead atoms. The smallest absolute Gasteiger partial charge is 0.116 e. The predicted octanol–water partition coefficient (Wildman–Crippen LogP) is 5.38. The third-order valence-electron chi connectivity index (χ3n) is 3.78. The highest BCUT2D eigenvalue weighted by atomic mass is 16.3. The maximum Gasteiger partial charge on any atom is 0.116 e. The van der Waals surface area contributed by atoms with E-state index in [1.54, 1.807) is 12.1 Å². The average Bonchev–Trinajstić information content (AvgIpc) is 2.51. The molecule has 4 aromatic carbocycles. The maximum absolute atomic E-state index is 11.1. The summed E-state index contributed by atoms with van der Waals surface area (Å²) in [7, 11) is 0. The summed E-state index contributed by atoms with van der Waals surface area (Å²) in [6.07, 6.45) is 0. The normalized spacial score (nSPS) is 11.4. The molecule has 94 valence electrons. The van der Waals surface area contributed by atoms with Gasteiger partial charge in [0.15, 0.2) is 0 Å². The molecule has 20 heavy (non-hydrogen) atoms. The first-order chi connectivity index (χ1) is 9.83. The summed E-state index contributed by atoms with van der Waals surface area (Å²) in [5, 5.41) is 11.6. The molecule has 0 N–H and O–H groups in total. The molecular formula is C16H8N2O2. The zero-order chi connectivity index (χ0) is 13.7. The first-order valence-electron chi connectivity index (χ1n) is 6.21. The van der Waals surface area contributed by atoms with Gasteiger partial charge < -0.3 is 0 Å². The van der Waals surface area contributed by atoms with Gasteiger partial charge in [0.25, 0.3) is 0 Å². The third-order valence-corrected chi connectivity index (χ3v) is 3.78. The van der Waals surface area contributed by atoms with Gasteiger partial charge in [0, 0.05) is 16.2 Å². The van der Waals surface area contributed by atoms with Crippen molar-refractivity contribution in [2.24, 2.45) is 10.4 Å². The molecule has 0 spiro atoms. The van der Waals surface area contributed by atoms with Crippen molar-refractivity contribution in [3.63, 3.8) is 0 Å². The van der Waals surface area contributed by atoms with Crippen LogP contribution in [0.3, 0.4) is 0 Å². The number of rotatable bonds is 2. The van der Waals surface area contributed by atoms with Crippen molar-refractivity contribution < 1.29 is 0 Å². The second-order valence-corrected chi connectivity index (χ2v) is 4.78. The highest BCUT2D eigenvalue weighted by Gasteiger charge is 2.14. The molecule has 4 aromatic rings. The Kier molecular flexibility index (Phi) is 2.09. The predicted molar refractivity (Wildman–Crippen MR) is 81.1 cm³/mol. The van der Waals surface area contributed by atoms with Gasteiger partial charge in [0.2, 0.25) is 0 Å². The number of nitroso groups, excluding NO2 is 2. The second kappa shape index (κ2) is 3.81. The molecule has 4 rings (SSSR count). The van der Waals surface area contributed by atoms with Crippen molar-refractivity contribution in [3.8, 4) is 0 Å². The minimum Gasteiger partial charge on any atom is -0.145 e. The van der Waals surface area contributed by atoms with Crippen molar-refractivity contribution in [1.82, 2.24) is 0 Å². The summed E-state index contributed by atoms with van der Waals surface area (Å²) >= 11 is 0. The third kappa shape index (κ3) is 1.25. The Morgan fingerprint density at radius 3 is 1.65 bits per heavy atom. The molecule has 0 radical (unpaired) electrons. The van der Waals surface area contributed by atoms with Crippen LogP contribution in [0, 0.1) is 9.81 Å². The summed E-state index contributed by atoms with van der Waals surface area (Å²) in [4.78, 5) is 22.2. The fraction of sp³-hybridized carbons (Fsp3) is 0. The van der Waals surface area contributed by atoms with Gasteiger partial charge in [0.1, 0.15) is 11.4 Å². The van der Waals surface area contributed by atoms with E-state index in [0.717, 1.165) is 32.3 Å². The largest absolute Gasteiger partial charge is 0.145 e. The Morgan fingerprint density at radius 2 is 1.15 bits per heavy atom. The van der Waals surface area contributed by atoms with E-state index in [1.807, 2.05) is 36.4 Å². The van der Waals surface area contributed by atoms with Crippen LogP contribution in [0.15, 0.2) is 58.9 Å². The van der Waals surface area contributed by atoms with Crippen LogP contribution in [0.1, 0.15) is 0 Å². The van der Waals surface area contributed by atoms with Crippen molar-refractivity contribution >= 4 is 43.7 Å². The van der Waals surface area contributed by atoms with Crippen molar-refractivity contribution in [2.75, 3.05) is 0 Å². The Bertz CT molecular complexity index is 919. The van der Waals surface area contributed by atoms with Gasteiger partial charge in [-0.1, -0.05) is 36.4 Å². The molecule has 0 aliphatic carbocycles. The molecule has 0 heterocycles. The number of benzene rings is 4. The zero-order valence-electron chi connectivity index (χ0n) is 10.3. The van der Waals surface area contributed by atoms with E-state index in [1.165, 1.54) is 0 Å². The quantitative estimate of drug-likeness (QED) is 0.359. The maximum atomic E-state index is 11.1. The van der Waals surface area contributed by atoms with Crippen LogP contribution in [0.25, 0.3) is 32.3 Å². The summed E-state index contributed by atoms with van der Waals surface area (Å²) in [5.41, 5.74) is 0.775. The first kappa shape index (κ1) is 11.0. The van der Waals surface area contributed by atoms with Crippen LogP contribution in [-0.4, -0.2) is 0 Å². The Labute approximate surface area is 113 Å². The van der Waals surface area contributed by atoms with Gasteiger partial charge in [-0.2, -0.15) is 0 Å². The molecule has 4 heteroatoms. The summed E-state index contributed by atoms with van der Waals surface area (Å²) in [5.74, 6) is 0. The topological polar surface area (TPSA) is 58.9 Å². The average molecular weight is 260 g/mol. The number of hydrogen-bond acceptors (Lipinski definition) is 4. The van der Waals surface area contributed by atoms with E-state index in [2.05, 4.69) is 10.4 Å². The SMILES string of the molecule is O=Nc1cc2cccc3cc(N=O)c4cccc1c4c23. The van der Waals surface area contributed by atoms with Crippen LogP contribution < -0.4 is 0 Å². The van der Waals surface area contributed by atoms with Crippen molar-refractivity contribution in [1.29, 1.82) is 0 Å².